The summed E-state index contributed by atoms with van der Waals surface area (Å²) in [6.45, 7) is 3.08. The Morgan fingerprint density at radius 2 is 0.972 bits per heavy atom. The quantitative estimate of drug-likeness (QED) is 0.189. The summed E-state index contributed by atoms with van der Waals surface area (Å²) in [6, 6.07) is 8.11. The summed E-state index contributed by atoms with van der Waals surface area (Å²) in [5.74, 6) is -1.06. The first-order valence-corrected chi connectivity index (χ1v) is 10.7. The van der Waals surface area contributed by atoms with Crippen molar-refractivity contribution in [1.82, 2.24) is 0 Å². The van der Waals surface area contributed by atoms with Gasteiger partial charge >= 0.3 is 24.2 Å². The third-order valence-corrected chi connectivity index (χ3v) is 4.26. The van der Waals surface area contributed by atoms with Gasteiger partial charge < -0.3 is 37.9 Å². The van der Waals surface area contributed by atoms with Crippen molar-refractivity contribution < 1.29 is 57.1 Å². The van der Waals surface area contributed by atoms with E-state index >= 15 is 0 Å². The largest absolute Gasteiger partial charge is 0.513 e. The van der Waals surface area contributed by atoms with E-state index in [1.807, 2.05) is 0 Å². The van der Waals surface area contributed by atoms with Crippen molar-refractivity contribution in [2.24, 2.45) is 0 Å². The molecule has 0 aliphatic rings. The number of esters is 2. The molecule has 0 heterocycles. The zero-order chi connectivity index (χ0) is 26.5. The van der Waals surface area contributed by atoms with Gasteiger partial charge in [-0.25, -0.2) is 19.2 Å². The Labute approximate surface area is 206 Å². The highest BCUT2D eigenvalue weighted by molar-refractivity contribution is 5.91. The first-order valence-electron chi connectivity index (χ1n) is 10.7. The van der Waals surface area contributed by atoms with Gasteiger partial charge in [0.1, 0.15) is 13.2 Å². The van der Waals surface area contributed by atoms with Gasteiger partial charge in [-0.05, 0) is 50.2 Å². The monoisotopic (exact) mass is 506 g/mol. The molecule has 194 valence electrons. The van der Waals surface area contributed by atoms with Gasteiger partial charge in [0.05, 0.1) is 38.6 Å². The normalized spacial score (nSPS) is 10.0. The van der Waals surface area contributed by atoms with E-state index in [4.69, 9.17) is 37.9 Å². The van der Waals surface area contributed by atoms with Crippen LogP contribution in [0.5, 0.6) is 23.0 Å². The van der Waals surface area contributed by atoms with E-state index in [0.29, 0.717) is 0 Å². The van der Waals surface area contributed by atoms with Crippen LogP contribution in [-0.2, 0) is 18.9 Å². The summed E-state index contributed by atoms with van der Waals surface area (Å²) in [5, 5.41) is 0. The number of ether oxygens (including phenoxy) is 8. The highest BCUT2D eigenvalue weighted by Gasteiger charge is 2.17. The standard InChI is InChI=1S/C24H26O12/c1-5-31-23(27)35-17-9-7-15(13-19(17)29-3)21(25)33-11-12-34-22(26)16-8-10-18(20(14-16)30-4)36-24(28)32-6-2/h7-10,13-14H,5-6,11-12H2,1-4H3. The highest BCUT2D eigenvalue weighted by atomic mass is 16.7. The molecule has 0 amide bonds. The van der Waals surface area contributed by atoms with Gasteiger partial charge in [-0.2, -0.15) is 0 Å². The van der Waals surface area contributed by atoms with Gasteiger partial charge in [0, 0.05) is 0 Å². The summed E-state index contributed by atoms with van der Waals surface area (Å²) < 4.78 is 39.9. The van der Waals surface area contributed by atoms with Gasteiger partial charge in [-0.3, -0.25) is 0 Å². The summed E-state index contributed by atoms with van der Waals surface area (Å²) >= 11 is 0. The second-order valence-electron chi connectivity index (χ2n) is 6.57. The molecule has 0 N–H and O–H groups in total. The summed E-state index contributed by atoms with van der Waals surface area (Å²) in [6.07, 6.45) is -1.82. The molecule has 0 saturated heterocycles. The number of hydrogen-bond acceptors (Lipinski definition) is 12. The van der Waals surface area contributed by atoms with E-state index < -0.39 is 24.2 Å². The zero-order valence-electron chi connectivity index (χ0n) is 20.2. The lowest BCUT2D eigenvalue weighted by Crippen LogP contribution is -2.15. The molecular weight excluding hydrogens is 480 g/mol. The van der Waals surface area contributed by atoms with E-state index in [1.54, 1.807) is 13.8 Å². The fourth-order valence-electron chi connectivity index (χ4n) is 2.67. The summed E-state index contributed by atoms with van der Waals surface area (Å²) in [5.41, 5.74) is 0.243. The molecule has 0 radical (unpaired) electrons. The second kappa shape index (κ2) is 14.0. The fraction of sp³-hybridized carbons (Fsp3) is 0.333. The number of benzene rings is 2. The van der Waals surface area contributed by atoms with Crippen LogP contribution in [0.3, 0.4) is 0 Å². The van der Waals surface area contributed by atoms with Crippen molar-refractivity contribution in [2.45, 2.75) is 13.8 Å². The van der Waals surface area contributed by atoms with Crippen LogP contribution >= 0.6 is 0 Å². The molecule has 0 aromatic heterocycles. The molecule has 2 aromatic rings. The SMILES string of the molecule is CCOC(=O)Oc1ccc(C(=O)OCCOC(=O)c2ccc(OC(=O)OCC)c(OC)c2)cc1OC. The Morgan fingerprint density at radius 3 is 1.31 bits per heavy atom. The van der Waals surface area contributed by atoms with Crippen LogP contribution in [0.15, 0.2) is 36.4 Å². The molecule has 0 unspecified atom stereocenters. The van der Waals surface area contributed by atoms with Crippen LogP contribution < -0.4 is 18.9 Å². The van der Waals surface area contributed by atoms with Gasteiger partial charge in [-0.1, -0.05) is 0 Å². The average molecular weight is 506 g/mol. The molecule has 12 nitrogen and oxygen atoms in total. The Balaban J connectivity index is 1.89. The minimum Gasteiger partial charge on any atom is -0.493 e. The minimum atomic E-state index is -0.910. The molecule has 2 aromatic carbocycles. The maximum absolute atomic E-state index is 12.3. The lowest BCUT2D eigenvalue weighted by Gasteiger charge is -2.11. The molecule has 0 bridgehead atoms. The molecular formula is C24H26O12. The number of carbonyl (C=O) groups is 4. The maximum atomic E-state index is 12.3. The summed E-state index contributed by atoms with van der Waals surface area (Å²) in [4.78, 5) is 47.6. The molecule has 0 spiro atoms. The van der Waals surface area contributed by atoms with E-state index in [-0.39, 0.29) is 60.6 Å². The van der Waals surface area contributed by atoms with Crippen molar-refractivity contribution in [3.8, 4) is 23.0 Å². The van der Waals surface area contributed by atoms with Crippen LogP contribution in [0, 0.1) is 0 Å². The number of hydrogen-bond donors (Lipinski definition) is 0. The van der Waals surface area contributed by atoms with Crippen LogP contribution in [0.4, 0.5) is 9.59 Å². The summed E-state index contributed by atoms with van der Waals surface area (Å²) in [7, 11) is 2.68. The predicted molar refractivity (Wildman–Crippen MR) is 122 cm³/mol. The average Bonchev–Trinajstić information content (AvgIpc) is 2.87. The molecule has 0 aliphatic heterocycles. The zero-order valence-corrected chi connectivity index (χ0v) is 20.2. The fourth-order valence-corrected chi connectivity index (χ4v) is 2.67. The number of rotatable bonds is 11. The topological polar surface area (TPSA) is 142 Å². The van der Waals surface area contributed by atoms with Crippen molar-refractivity contribution in [2.75, 3.05) is 40.6 Å². The van der Waals surface area contributed by atoms with Crippen molar-refractivity contribution >= 4 is 24.2 Å². The molecule has 0 aliphatic carbocycles. The molecule has 12 heteroatoms. The van der Waals surface area contributed by atoms with Gasteiger partial charge in [-0.15, -0.1) is 0 Å². The molecule has 0 fully saturated rings. The molecule has 2 rings (SSSR count). The van der Waals surface area contributed by atoms with E-state index in [1.165, 1.54) is 50.6 Å². The Bertz CT molecular complexity index is 993. The van der Waals surface area contributed by atoms with Crippen LogP contribution in [0.1, 0.15) is 34.6 Å². The van der Waals surface area contributed by atoms with Crippen LogP contribution in [0.2, 0.25) is 0 Å². The Hall–Kier alpha value is -4.48. The maximum Gasteiger partial charge on any atom is 0.513 e. The molecule has 0 saturated carbocycles. The Morgan fingerprint density at radius 1 is 0.583 bits per heavy atom. The van der Waals surface area contributed by atoms with Gasteiger partial charge in [0.15, 0.2) is 23.0 Å². The first kappa shape index (κ1) is 27.8. The molecule has 0 atom stereocenters. The van der Waals surface area contributed by atoms with Gasteiger partial charge in [0.2, 0.25) is 0 Å². The van der Waals surface area contributed by atoms with Crippen molar-refractivity contribution in [1.29, 1.82) is 0 Å². The number of methoxy groups -OCH3 is 2. The highest BCUT2D eigenvalue weighted by Crippen LogP contribution is 2.30. The minimum absolute atomic E-state index is 0.0653. The second-order valence-corrected chi connectivity index (χ2v) is 6.57. The first-order chi connectivity index (χ1) is 17.3. The smallest absolute Gasteiger partial charge is 0.493 e. The third kappa shape index (κ3) is 8.08. The Kier molecular flexibility index (Phi) is 10.8. The van der Waals surface area contributed by atoms with E-state index in [2.05, 4.69) is 0 Å². The third-order valence-electron chi connectivity index (χ3n) is 4.26. The lowest BCUT2D eigenvalue weighted by molar-refractivity contribution is 0.0265. The van der Waals surface area contributed by atoms with Gasteiger partial charge in [0.25, 0.3) is 0 Å². The number of carbonyl (C=O) groups excluding carboxylic acids is 4. The lowest BCUT2D eigenvalue weighted by atomic mass is 10.2. The van der Waals surface area contributed by atoms with E-state index in [9.17, 15) is 19.2 Å². The van der Waals surface area contributed by atoms with Crippen molar-refractivity contribution in [3.63, 3.8) is 0 Å². The predicted octanol–water partition coefficient (Wildman–Crippen LogP) is 3.79. The molecule has 36 heavy (non-hydrogen) atoms. The van der Waals surface area contributed by atoms with Crippen LogP contribution in [-0.4, -0.2) is 64.9 Å². The van der Waals surface area contributed by atoms with Crippen LogP contribution in [0.25, 0.3) is 0 Å². The van der Waals surface area contributed by atoms with E-state index in [0.717, 1.165) is 0 Å². The van der Waals surface area contributed by atoms with Crippen molar-refractivity contribution in [3.05, 3.63) is 47.5 Å².